The van der Waals surface area contributed by atoms with Crippen molar-refractivity contribution in [2.24, 2.45) is 29.6 Å². The standard InChI is InChI=1S/C71H114ClF3N12O13/c1-11-45(2)60-67(97)81(5)42-58(90)79(3)43-59(91)82(6)53(39-46-24-15-12-16-25-46)65(95)80(4)41-56(88)76-51(32-30-47-29-31-49(50(72)38-47)71(73,74)75)64(94)87-37-23-28-52(87)63(93)78-70(33-19-20-34-70)69(99)85(9)61(48-26-17-13-18-27-48)68(98)84(8)54(66(96)86-35-21-14-22-36-86)40-57(89)83(7)55(44-100-10)62(92)77-60/h45-55,60-61H,11-44H2,1-10H3,(H,76,88)(H,77,92)(H,78,93)/t45-,47?,49?,50?,51-,52-,53-,54-,55-,60-,61-/m0/s1. The van der Waals surface area contributed by atoms with E-state index in [0.29, 0.717) is 64.5 Å². The molecule has 3 heterocycles. The highest BCUT2D eigenvalue weighted by atomic mass is 35.5. The number of rotatable bonds is 11. The lowest BCUT2D eigenvalue weighted by Gasteiger charge is -2.43. The number of nitrogens with zero attached hydrogens (tertiary/aromatic N) is 9. The fourth-order valence-corrected chi connectivity index (χ4v) is 17.0. The van der Waals surface area contributed by atoms with E-state index >= 15 is 24.0 Å². The third-order valence-electron chi connectivity index (χ3n) is 23.1. The summed E-state index contributed by atoms with van der Waals surface area (Å²) in [5.41, 5.74) is -1.56. The number of fused-ring (bicyclic) bond motifs is 1. The number of methoxy groups -OCH3 is 1. The van der Waals surface area contributed by atoms with Crippen LogP contribution in [-0.2, 0) is 62.3 Å². The number of hydrogen-bond acceptors (Lipinski definition) is 13. The van der Waals surface area contributed by atoms with E-state index in [4.69, 9.17) is 16.3 Å². The molecule has 3 saturated heterocycles. The van der Waals surface area contributed by atoms with Gasteiger partial charge in [0.2, 0.25) is 70.9 Å². The predicted molar refractivity (Wildman–Crippen MR) is 367 cm³/mol. The molecule has 7 fully saturated rings. The van der Waals surface area contributed by atoms with Crippen LogP contribution in [-0.4, -0.2) is 277 Å². The molecule has 564 valence electrons. The van der Waals surface area contributed by atoms with Gasteiger partial charge < -0.3 is 64.8 Å². The highest BCUT2D eigenvalue weighted by molar-refractivity contribution is 6.21. The Morgan fingerprint density at radius 1 is 0.600 bits per heavy atom. The number of amides is 12. The molecule has 0 aromatic heterocycles. The fourth-order valence-electron chi connectivity index (χ4n) is 16.5. The first-order valence-electron chi connectivity index (χ1n) is 36.8. The zero-order valence-electron chi connectivity index (χ0n) is 60.9. The minimum Gasteiger partial charge on any atom is -0.382 e. The van der Waals surface area contributed by atoms with Gasteiger partial charge in [-0.2, -0.15) is 13.2 Å². The molecule has 3 N–H and O–H groups in total. The summed E-state index contributed by atoms with van der Waals surface area (Å²) in [6.45, 7) is 2.35. The summed E-state index contributed by atoms with van der Waals surface area (Å²) in [7, 11) is 11.3. The van der Waals surface area contributed by atoms with Crippen molar-refractivity contribution in [3.05, 3.63) is 0 Å². The monoisotopic (exact) mass is 1430 g/mol. The lowest BCUT2D eigenvalue weighted by atomic mass is 9.78. The van der Waals surface area contributed by atoms with Crippen LogP contribution in [0.15, 0.2) is 0 Å². The van der Waals surface area contributed by atoms with Crippen LogP contribution in [0.25, 0.3) is 0 Å². The van der Waals surface area contributed by atoms with E-state index < -0.39 is 174 Å². The zero-order chi connectivity index (χ0) is 73.5. The van der Waals surface area contributed by atoms with Gasteiger partial charge in [-0.05, 0) is 120 Å². The molecule has 11 atom stereocenters. The summed E-state index contributed by atoms with van der Waals surface area (Å²) < 4.78 is 47.6. The SMILES string of the molecule is CC[C@H](C)[C@@H]1NC(=O)[C@H](COC)N(C)C(=O)C[C@@H](C(=O)N2CCCCC2)N(C)C(=O)[C@H](C2CCCCC2)N(C)C(=O)C2(CCCC2)NC(=O)[C@@H]2CCCN2C(=O)[C@H](CCC2CCC(C(F)(F)F)C(Cl)C2)NC(=O)CN(C)C(=O)[C@H](CC2CCCCC2)N(C)C(=O)CN(C)C(=O)CN(C)C1=O. The largest absolute Gasteiger partial charge is 0.393 e. The quantitative estimate of drug-likeness (QED) is 0.228. The third-order valence-corrected chi connectivity index (χ3v) is 23.6. The first-order chi connectivity index (χ1) is 47.3. The van der Waals surface area contributed by atoms with Gasteiger partial charge in [0, 0.05) is 81.5 Å². The molecule has 4 saturated carbocycles. The second-order valence-corrected chi connectivity index (χ2v) is 30.6. The number of alkyl halides is 4. The topological polar surface area (TPSA) is 279 Å². The van der Waals surface area contributed by atoms with Crippen molar-refractivity contribution in [1.82, 2.24) is 60.0 Å². The molecule has 0 aromatic carbocycles. The van der Waals surface area contributed by atoms with Crippen molar-refractivity contribution in [2.45, 2.75) is 247 Å². The van der Waals surface area contributed by atoms with Gasteiger partial charge in [-0.15, -0.1) is 11.6 Å². The summed E-state index contributed by atoms with van der Waals surface area (Å²) in [6, 6.07) is -8.82. The highest BCUT2D eigenvalue weighted by Gasteiger charge is 2.52. The van der Waals surface area contributed by atoms with Gasteiger partial charge in [-0.3, -0.25) is 57.5 Å². The molecule has 7 aliphatic rings. The van der Waals surface area contributed by atoms with Gasteiger partial charge in [0.25, 0.3) is 0 Å². The number of hydrogen-bond donors (Lipinski definition) is 3. The molecular weight excluding hydrogens is 1320 g/mol. The predicted octanol–water partition coefficient (Wildman–Crippen LogP) is 5.08. The van der Waals surface area contributed by atoms with Crippen LogP contribution in [0.4, 0.5) is 13.2 Å². The first-order valence-corrected chi connectivity index (χ1v) is 37.3. The fraction of sp³-hybridized carbons (Fsp3) is 0.831. The number of carbonyl (C=O) groups excluding carboxylic acids is 12. The summed E-state index contributed by atoms with van der Waals surface area (Å²) in [4.78, 5) is 190. The smallest absolute Gasteiger partial charge is 0.382 e. The number of carbonyl (C=O) groups is 12. The van der Waals surface area contributed by atoms with Crippen LogP contribution in [0, 0.1) is 29.6 Å². The third kappa shape index (κ3) is 20.3. The van der Waals surface area contributed by atoms with E-state index in [1.54, 1.807) is 11.8 Å². The van der Waals surface area contributed by atoms with Crippen molar-refractivity contribution in [3.63, 3.8) is 0 Å². The van der Waals surface area contributed by atoms with E-state index in [1.165, 1.54) is 76.0 Å². The Labute approximate surface area is 594 Å². The lowest BCUT2D eigenvalue weighted by molar-refractivity contribution is -0.182. The van der Waals surface area contributed by atoms with Gasteiger partial charge in [0.1, 0.15) is 47.8 Å². The van der Waals surface area contributed by atoms with E-state index in [1.807, 2.05) is 6.92 Å². The highest BCUT2D eigenvalue weighted by Crippen LogP contribution is 2.44. The number of piperidine rings is 1. The molecule has 0 radical (unpaired) electrons. The zero-order valence-corrected chi connectivity index (χ0v) is 61.6. The van der Waals surface area contributed by atoms with Crippen molar-refractivity contribution in [2.75, 3.05) is 102 Å². The summed E-state index contributed by atoms with van der Waals surface area (Å²) >= 11 is 6.41. The van der Waals surface area contributed by atoms with Crippen LogP contribution in [0.5, 0.6) is 0 Å². The Morgan fingerprint density at radius 3 is 1.81 bits per heavy atom. The van der Waals surface area contributed by atoms with Gasteiger partial charge in [-0.1, -0.05) is 84.5 Å². The van der Waals surface area contributed by atoms with E-state index in [0.717, 1.165) is 77.4 Å². The van der Waals surface area contributed by atoms with Crippen LogP contribution in [0.3, 0.4) is 0 Å². The molecule has 1 spiro atoms. The van der Waals surface area contributed by atoms with Gasteiger partial charge >= 0.3 is 6.18 Å². The minimum absolute atomic E-state index is 0.000114. The molecule has 7 rings (SSSR count). The number of nitrogens with one attached hydrogen (secondary N) is 3. The van der Waals surface area contributed by atoms with Crippen molar-refractivity contribution in [3.8, 4) is 0 Å². The Kier molecular flexibility index (Phi) is 29.7. The maximum Gasteiger partial charge on any atom is 0.393 e. The minimum atomic E-state index is -4.51. The number of halogens is 4. The van der Waals surface area contributed by atoms with Gasteiger partial charge in [0.05, 0.1) is 38.6 Å². The summed E-state index contributed by atoms with van der Waals surface area (Å²) in [5, 5.41) is 7.53. The molecule has 3 aliphatic heterocycles. The Bertz CT molecular complexity index is 2890. The molecule has 4 aliphatic carbocycles. The van der Waals surface area contributed by atoms with Crippen LogP contribution in [0.2, 0.25) is 0 Å². The Morgan fingerprint density at radius 2 is 1.20 bits per heavy atom. The molecule has 3 unspecified atom stereocenters. The summed E-state index contributed by atoms with van der Waals surface area (Å²) in [6.07, 6.45) is 7.58. The average molecular weight is 1440 g/mol. The Hall–Kier alpha value is -6.32. The van der Waals surface area contributed by atoms with Crippen LogP contribution in [0.1, 0.15) is 187 Å². The van der Waals surface area contributed by atoms with E-state index in [2.05, 4.69) is 16.0 Å². The second kappa shape index (κ2) is 36.7. The maximum absolute atomic E-state index is 15.8. The number of likely N-dealkylation sites (N-methyl/N-ethyl adjacent to an activating group) is 7. The summed E-state index contributed by atoms with van der Waals surface area (Å²) in [5.74, 6) is -10.7. The van der Waals surface area contributed by atoms with Crippen LogP contribution >= 0.6 is 11.6 Å². The van der Waals surface area contributed by atoms with Crippen LogP contribution < -0.4 is 16.0 Å². The van der Waals surface area contributed by atoms with Crippen molar-refractivity contribution in [1.29, 1.82) is 0 Å². The molecular formula is C71H114ClF3N12O13. The lowest BCUT2D eigenvalue weighted by Crippen LogP contribution is -2.65. The molecule has 100 heavy (non-hydrogen) atoms. The first kappa shape index (κ1) is 81.0. The normalized spacial score (nSPS) is 30.1. The van der Waals surface area contributed by atoms with Gasteiger partial charge in [0.15, 0.2) is 0 Å². The second-order valence-electron chi connectivity index (χ2n) is 30.1. The van der Waals surface area contributed by atoms with Crippen molar-refractivity contribution >= 4 is 82.5 Å². The molecule has 25 nitrogen and oxygen atoms in total. The number of ether oxygens (including phenoxy) is 1. The van der Waals surface area contributed by atoms with E-state index in [9.17, 15) is 46.7 Å². The molecule has 29 heteroatoms. The maximum atomic E-state index is 15.8. The Balaban J connectivity index is 1.27. The molecule has 0 bridgehead atoms. The van der Waals surface area contributed by atoms with Gasteiger partial charge in [-0.25, -0.2) is 0 Å². The molecule has 0 aromatic rings. The number of likely N-dealkylation sites (tertiary alicyclic amines) is 1. The molecule has 12 amide bonds. The average Bonchev–Trinajstić information content (AvgIpc) is 1.54. The van der Waals surface area contributed by atoms with Crippen molar-refractivity contribution < 1.29 is 75.4 Å². The van der Waals surface area contributed by atoms with E-state index in [-0.39, 0.29) is 82.8 Å².